The summed E-state index contributed by atoms with van der Waals surface area (Å²) in [6, 6.07) is 14.0. The van der Waals surface area contributed by atoms with Crippen LogP contribution in [0.2, 0.25) is 0 Å². The van der Waals surface area contributed by atoms with Crippen LogP contribution in [0, 0.1) is 0 Å². The Morgan fingerprint density at radius 2 is 1.92 bits per heavy atom. The van der Waals surface area contributed by atoms with Gasteiger partial charge < -0.3 is 4.90 Å². The fourth-order valence-corrected chi connectivity index (χ4v) is 3.56. The number of carbonyl (C=O) groups is 1. The standard InChI is InChI=1S/C19H21N5OS/c1-14(18(25)23(2)3)26-19-22-21-17(16-10-7-11-20-12-16)24(19)13-15-8-5-4-6-9-15/h4-12,14H,13H2,1-3H3. The smallest absolute Gasteiger partial charge is 0.235 e. The third-order valence-electron chi connectivity index (χ3n) is 3.89. The number of aromatic nitrogens is 4. The van der Waals surface area contributed by atoms with E-state index in [0.29, 0.717) is 6.54 Å². The Labute approximate surface area is 157 Å². The molecule has 1 atom stereocenters. The van der Waals surface area contributed by atoms with Crippen LogP contribution in [0.1, 0.15) is 12.5 Å². The lowest BCUT2D eigenvalue weighted by Crippen LogP contribution is -2.29. The van der Waals surface area contributed by atoms with E-state index in [1.165, 1.54) is 11.8 Å². The highest BCUT2D eigenvalue weighted by atomic mass is 32.2. The summed E-state index contributed by atoms with van der Waals surface area (Å²) in [6.45, 7) is 2.52. The van der Waals surface area contributed by atoms with Crippen molar-refractivity contribution in [2.75, 3.05) is 14.1 Å². The van der Waals surface area contributed by atoms with Gasteiger partial charge in [-0.05, 0) is 24.6 Å². The second kappa shape index (κ2) is 8.14. The number of benzene rings is 1. The van der Waals surface area contributed by atoms with Crippen LogP contribution in [0.5, 0.6) is 0 Å². The van der Waals surface area contributed by atoms with Gasteiger partial charge in [0.2, 0.25) is 5.91 Å². The SMILES string of the molecule is CC(Sc1nnc(-c2cccnc2)n1Cc1ccccc1)C(=O)N(C)C. The highest BCUT2D eigenvalue weighted by Gasteiger charge is 2.22. The van der Waals surface area contributed by atoms with Gasteiger partial charge in [-0.15, -0.1) is 10.2 Å². The lowest BCUT2D eigenvalue weighted by molar-refractivity contribution is -0.127. The minimum Gasteiger partial charge on any atom is -0.348 e. The molecule has 0 aliphatic heterocycles. The van der Waals surface area contributed by atoms with Crippen LogP contribution < -0.4 is 0 Å². The number of hydrogen-bond acceptors (Lipinski definition) is 5. The van der Waals surface area contributed by atoms with E-state index in [4.69, 9.17) is 0 Å². The van der Waals surface area contributed by atoms with Gasteiger partial charge in [0.05, 0.1) is 11.8 Å². The zero-order chi connectivity index (χ0) is 18.5. The maximum atomic E-state index is 12.2. The maximum absolute atomic E-state index is 12.2. The summed E-state index contributed by atoms with van der Waals surface area (Å²) in [6.07, 6.45) is 3.50. The van der Waals surface area contributed by atoms with Gasteiger partial charge in [0, 0.05) is 32.1 Å². The van der Waals surface area contributed by atoms with Gasteiger partial charge in [0.25, 0.3) is 0 Å². The summed E-state index contributed by atoms with van der Waals surface area (Å²) in [5.74, 6) is 0.793. The average Bonchev–Trinajstić information content (AvgIpc) is 3.04. The third kappa shape index (κ3) is 4.11. The molecule has 0 N–H and O–H groups in total. The minimum atomic E-state index is -0.245. The van der Waals surface area contributed by atoms with Crippen molar-refractivity contribution in [1.29, 1.82) is 0 Å². The quantitative estimate of drug-likeness (QED) is 0.627. The van der Waals surface area contributed by atoms with Crippen LogP contribution in [0.4, 0.5) is 0 Å². The predicted octanol–water partition coefficient (Wildman–Crippen LogP) is 2.96. The topological polar surface area (TPSA) is 63.9 Å². The first-order valence-electron chi connectivity index (χ1n) is 8.31. The normalized spacial score (nSPS) is 12.0. The van der Waals surface area contributed by atoms with E-state index in [0.717, 1.165) is 22.1 Å². The molecular formula is C19H21N5OS. The average molecular weight is 367 g/mol. The lowest BCUT2D eigenvalue weighted by atomic mass is 10.2. The molecule has 0 aliphatic carbocycles. The molecule has 3 aromatic rings. The molecule has 0 aliphatic rings. The van der Waals surface area contributed by atoms with Crippen LogP contribution in [0.3, 0.4) is 0 Å². The molecule has 1 aromatic carbocycles. The van der Waals surface area contributed by atoms with Gasteiger partial charge in [-0.1, -0.05) is 42.1 Å². The first kappa shape index (κ1) is 18.1. The van der Waals surface area contributed by atoms with E-state index >= 15 is 0 Å². The predicted molar refractivity (Wildman–Crippen MR) is 103 cm³/mol. The van der Waals surface area contributed by atoms with E-state index in [-0.39, 0.29) is 11.2 Å². The van der Waals surface area contributed by atoms with Gasteiger partial charge in [-0.3, -0.25) is 14.3 Å². The van der Waals surface area contributed by atoms with Crippen LogP contribution >= 0.6 is 11.8 Å². The molecule has 7 heteroatoms. The summed E-state index contributed by atoms with van der Waals surface area (Å²) in [7, 11) is 3.52. The van der Waals surface area contributed by atoms with Gasteiger partial charge in [0.15, 0.2) is 11.0 Å². The van der Waals surface area contributed by atoms with Crippen LogP contribution in [-0.2, 0) is 11.3 Å². The van der Waals surface area contributed by atoms with E-state index in [9.17, 15) is 4.79 Å². The largest absolute Gasteiger partial charge is 0.348 e. The molecule has 2 heterocycles. The number of carbonyl (C=O) groups excluding carboxylic acids is 1. The first-order valence-corrected chi connectivity index (χ1v) is 9.19. The molecule has 0 saturated carbocycles. The summed E-state index contributed by atoms with van der Waals surface area (Å²) in [5.41, 5.74) is 2.04. The van der Waals surface area contributed by atoms with Crippen molar-refractivity contribution in [2.24, 2.45) is 0 Å². The molecule has 1 amide bonds. The molecule has 1 unspecified atom stereocenters. The Balaban J connectivity index is 1.96. The molecule has 0 fully saturated rings. The van der Waals surface area contributed by atoms with Gasteiger partial charge in [0.1, 0.15) is 0 Å². The lowest BCUT2D eigenvalue weighted by Gasteiger charge is -2.17. The van der Waals surface area contributed by atoms with Crippen molar-refractivity contribution in [1.82, 2.24) is 24.6 Å². The summed E-state index contributed by atoms with van der Waals surface area (Å²) >= 11 is 1.42. The molecule has 0 saturated heterocycles. The van der Waals surface area contributed by atoms with Crippen molar-refractivity contribution in [3.05, 3.63) is 60.4 Å². The summed E-state index contributed by atoms with van der Waals surface area (Å²) in [4.78, 5) is 18.0. The van der Waals surface area contributed by atoms with E-state index in [1.807, 2.05) is 41.8 Å². The van der Waals surface area contributed by atoms with Crippen LogP contribution in [-0.4, -0.2) is 49.9 Å². The number of thioether (sulfide) groups is 1. The Bertz CT molecular complexity index is 864. The van der Waals surface area contributed by atoms with E-state index in [1.54, 1.807) is 31.4 Å². The Morgan fingerprint density at radius 1 is 1.15 bits per heavy atom. The van der Waals surface area contributed by atoms with Gasteiger partial charge in [-0.25, -0.2) is 0 Å². The Morgan fingerprint density at radius 3 is 2.58 bits per heavy atom. The fraction of sp³-hybridized carbons (Fsp3) is 0.263. The number of pyridine rings is 1. The van der Waals surface area contributed by atoms with Crippen LogP contribution in [0.25, 0.3) is 11.4 Å². The van der Waals surface area contributed by atoms with E-state index in [2.05, 4.69) is 27.3 Å². The highest BCUT2D eigenvalue weighted by molar-refractivity contribution is 8.00. The Hall–Kier alpha value is -2.67. The number of hydrogen-bond donors (Lipinski definition) is 0. The molecule has 6 nitrogen and oxygen atoms in total. The maximum Gasteiger partial charge on any atom is 0.235 e. The van der Waals surface area contributed by atoms with Crippen molar-refractivity contribution < 1.29 is 4.79 Å². The molecule has 3 rings (SSSR count). The van der Waals surface area contributed by atoms with Gasteiger partial charge in [-0.2, -0.15) is 0 Å². The highest BCUT2D eigenvalue weighted by Crippen LogP contribution is 2.28. The first-order chi connectivity index (χ1) is 12.6. The Kier molecular flexibility index (Phi) is 5.68. The zero-order valence-electron chi connectivity index (χ0n) is 15.0. The molecule has 0 radical (unpaired) electrons. The van der Waals surface area contributed by atoms with Crippen molar-refractivity contribution in [2.45, 2.75) is 23.9 Å². The molecule has 2 aromatic heterocycles. The van der Waals surface area contributed by atoms with Crippen LogP contribution in [0.15, 0.2) is 60.0 Å². The number of amides is 1. The molecule has 134 valence electrons. The van der Waals surface area contributed by atoms with Crippen molar-refractivity contribution in [3.8, 4) is 11.4 Å². The number of nitrogens with zero attached hydrogens (tertiary/aromatic N) is 5. The summed E-state index contributed by atoms with van der Waals surface area (Å²) in [5, 5.41) is 9.19. The third-order valence-corrected chi connectivity index (χ3v) is 4.96. The monoisotopic (exact) mass is 367 g/mol. The van der Waals surface area contributed by atoms with Gasteiger partial charge >= 0.3 is 0 Å². The molecular weight excluding hydrogens is 346 g/mol. The molecule has 0 spiro atoms. The minimum absolute atomic E-state index is 0.0483. The summed E-state index contributed by atoms with van der Waals surface area (Å²) < 4.78 is 2.04. The van der Waals surface area contributed by atoms with Crippen molar-refractivity contribution in [3.63, 3.8) is 0 Å². The molecule has 26 heavy (non-hydrogen) atoms. The zero-order valence-corrected chi connectivity index (χ0v) is 15.8. The molecule has 0 bridgehead atoms. The second-order valence-corrected chi connectivity index (χ2v) is 7.42. The number of rotatable bonds is 6. The second-order valence-electron chi connectivity index (χ2n) is 6.11. The van der Waals surface area contributed by atoms with E-state index < -0.39 is 0 Å². The van der Waals surface area contributed by atoms with Crippen molar-refractivity contribution >= 4 is 17.7 Å². The fourth-order valence-electron chi connectivity index (χ4n) is 2.57.